The monoisotopic (exact) mass is 391 g/mol. The number of benzene rings is 1. The van der Waals surface area contributed by atoms with Crippen LogP contribution in [0.15, 0.2) is 22.7 Å². The Morgan fingerprint density at radius 1 is 1.45 bits per heavy atom. The molecule has 0 bridgehead atoms. The third-order valence-corrected chi connectivity index (χ3v) is 3.44. The van der Waals surface area contributed by atoms with Gasteiger partial charge in [-0.05, 0) is 54.6 Å². The van der Waals surface area contributed by atoms with Crippen LogP contribution in [0.4, 0.5) is 4.39 Å². The van der Waals surface area contributed by atoms with Gasteiger partial charge in [0.2, 0.25) is 0 Å². The van der Waals surface area contributed by atoms with E-state index < -0.39 is 6.04 Å². The van der Waals surface area contributed by atoms with Gasteiger partial charge in [0.15, 0.2) is 5.82 Å². The Bertz CT molecular complexity index is 589. The highest BCUT2D eigenvalue weighted by Crippen LogP contribution is 2.25. The van der Waals surface area contributed by atoms with Crippen molar-refractivity contribution < 1.29 is 13.7 Å². The van der Waals surface area contributed by atoms with Gasteiger partial charge in [0.25, 0.3) is 5.89 Å². The minimum atomic E-state index is -0.451. The Hall–Kier alpha value is -1.06. The zero-order chi connectivity index (χ0) is 14.7. The molecule has 2 N–H and O–H groups in total. The van der Waals surface area contributed by atoms with E-state index in [0.29, 0.717) is 27.5 Å². The lowest BCUT2D eigenvalue weighted by molar-refractivity contribution is 0.0665. The van der Waals surface area contributed by atoms with Crippen LogP contribution in [0.5, 0.6) is 0 Å². The lowest BCUT2D eigenvalue weighted by atomic mass is 10.2. The van der Waals surface area contributed by atoms with Gasteiger partial charge in [0.05, 0.1) is 24.3 Å². The fraction of sp³-hybridized carbons (Fsp3) is 0.385. The van der Waals surface area contributed by atoms with Gasteiger partial charge in [0, 0.05) is 3.57 Å². The molecule has 7 heteroatoms. The molecule has 1 aromatic carbocycles. The summed E-state index contributed by atoms with van der Waals surface area (Å²) in [4.78, 5) is 4.24. The van der Waals surface area contributed by atoms with Gasteiger partial charge < -0.3 is 15.0 Å². The van der Waals surface area contributed by atoms with E-state index in [1.54, 1.807) is 6.07 Å². The van der Waals surface area contributed by atoms with Crippen molar-refractivity contribution in [3.63, 3.8) is 0 Å². The number of hydrogen-bond donors (Lipinski definition) is 1. The summed E-state index contributed by atoms with van der Waals surface area (Å²) in [5.41, 5.74) is 6.61. The third kappa shape index (κ3) is 3.74. The highest BCUT2D eigenvalue weighted by Gasteiger charge is 2.17. The molecule has 0 aliphatic carbocycles. The van der Waals surface area contributed by atoms with Crippen molar-refractivity contribution in [1.29, 1.82) is 0 Å². The molecule has 0 fully saturated rings. The quantitative estimate of drug-likeness (QED) is 0.794. The molecule has 20 heavy (non-hydrogen) atoms. The maximum atomic E-state index is 13.1. The van der Waals surface area contributed by atoms with E-state index in [4.69, 9.17) is 15.0 Å². The number of nitrogens with two attached hydrogens (primary N) is 1. The van der Waals surface area contributed by atoms with Crippen LogP contribution in [0, 0.1) is 9.39 Å². The van der Waals surface area contributed by atoms with E-state index in [1.165, 1.54) is 12.1 Å². The Morgan fingerprint density at radius 2 is 2.20 bits per heavy atom. The minimum absolute atomic E-state index is 0.0884. The summed E-state index contributed by atoms with van der Waals surface area (Å²) >= 11 is 2.02. The van der Waals surface area contributed by atoms with Crippen molar-refractivity contribution >= 4 is 22.6 Å². The summed E-state index contributed by atoms with van der Waals surface area (Å²) in [5, 5.41) is 3.85. The average molecular weight is 391 g/mol. The molecule has 0 aliphatic rings. The van der Waals surface area contributed by atoms with Crippen LogP contribution in [-0.2, 0) is 4.74 Å². The maximum absolute atomic E-state index is 13.1. The predicted molar refractivity (Wildman–Crippen MR) is 80.4 cm³/mol. The molecule has 0 aliphatic heterocycles. The molecule has 0 saturated heterocycles. The van der Waals surface area contributed by atoms with Crippen molar-refractivity contribution in [2.24, 2.45) is 5.73 Å². The largest absolute Gasteiger partial charge is 0.377 e. The number of hydrogen-bond acceptors (Lipinski definition) is 5. The van der Waals surface area contributed by atoms with Crippen LogP contribution >= 0.6 is 22.6 Å². The molecule has 2 aromatic rings. The zero-order valence-electron chi connectivity index (χ0n) is 11.1. The van der Waals surface area contributed by atoms with Gasteiger partial charge in [-0.15, -0.1) is 0 Å². The molecular weight excluding hydrogens is 376 g/mol. The summed E-state index contributed by atoms with van der Waals surface area (Å²) in [6.07, 6.45) is 0.0884. The summed E-state index contributed by atoms with van der Waals surface area (Å²) in [6, 6.07) is 3.91. The van der Waals surface area contributed by atoms with E-state index in [-0.39, 0.29) is 11.9 Å². The van der Waals surface area contributed by atoms with Gasteiger partial charge in [-0.3, -0.25) is 0 Å². The minimum Gasteiger partial charge on any atom is -0.377 e. The van der Waals surface area contributed by atoms with Crippen molar-refractivity contribution in [2.75, 3.05) is 6.61 Å². The first-order chi connectivity index (χ1) is 9.47. The Kier molecular flexibility index (Phi) is 5.06. The molecule has 2 rings (SSSR count). The topological polar surface area (TPSA) is 74.2 Å². The van der Waals surface area contributed by atoms with Crippen LogP contribution in [0.3, 0.4) is 0 Å². The fourth-order valence-corrected chi connectivity index (χ4v) is 2.24. The Balaban J connectivity index is 2.16. The highest BCUT2D eigenvalue weighted by atomic mass is 127. The molecule has 5 nitrogen and oxygen atoms in total. The van der Waals surface area contributed by atoms with E-state index in [9.17, 15) is 4.39 Å². The van der Waals surface area contributed by atoms with Crippen molar-refractivity contribution in [3.8, 4) is 11.5 Å². The SMILES string of the molecule is CC(C)OCC(N)c1noc(-c2ccc(F)cc2I)n1. The van der Waals surface area contributed by atoms with Crippen LogP contribution in [0.1, 0.15) is 25.7 Å². The summed E-state index contributed by atoms with van der Waals surface area (Å²) in [6.45, 7) is 4.17. The summed E-state index contributed by atoms with van der Waals surface area (Å²) < 4.78 is 24.4. The molecule has 1 atom stereocenters. The molecule has 108 valence electrons. The predicted octanol–water partition coefficient (Wildman–Crippen LogP) is 2.91. The Labute approximate surface area is 129 Å². The van der Waals surface area contributed by atoms with Crippen LogP contribution < -0.4 is 5.73 Å². The smallest absolute Gasteiger partial charge is 0.259 e. The number of nitrogens with zero attached hydrogens (tertiary/aromatic N) is 2. The Morgan fingerprint density at radius 3 is 2.85 bits per heavy atom. The van der Waals surface area contributed by atoms with Gasteiger partial charge in [-0.25, -0.2) is 4.39 Å². The third-order valence-electron chi connectivity index (χ3n) is 2.54. The van der Waals surface area contributed by atoms with Gasteiger partial charge >= 0.3 is 0 Å². The van der Waals surface area contributed by atoms with Gasteiger partial charge in [0.1, 0.15) is 5.82 Å². The molecular formula is C13H15FIN3O2. The molecule has 1 unspecified atom stereocenters. The van der Waals surface area contributed by atoms with Crippen molar-refractivity contribution in [1.82, 2.24) is 10.1 Å². The zero-order valence-corrected chi connectivity index (χ0v) is 13.3. The molecule has 0 saturated carbocycles. The second-order valence-corrected chi connectivity index (χ2v) is 5.73. The number of aromatic nitrogens is 2. The maximum Gasteiger partial charge on any atom is 0.259 e. The lowest BCUT2D eigenvalue weighted by Crippen LogP contribution is -2.20. The van der Waals surface area contributed by atoms with Crippen molar-refractivity contribution in [2.45, 2.75) is 26.0 Å². The lowest BCUT2D eigenvalue weighted by Gasteiger charge is -2.10. The fourth-order valence-electron chi connectivity index (χ4n) is 1.53. The molecule has 1 heterocycles. The first kappa shape index (κ1) is 15.3. The summed E-state index contributed by atoms with van der Waals surface area (Å²) in [7, 11) is 0. The van der Waals surface area contributed by atoms with E-state index in [0.717, 1.165) is 0 Å². The molecule has 0 amide bonds. The van der Waals surface area contributed by atoms with Crippen LogP contribution in [0.2, 0.25) is 0 Å². The van der Waals surface area contributed by atoms with Crippen LogP contribution in [-0.4, -0.2) is 22.9 Å². The number of halogens is 2. The molecule has 0 radical (unpaired) electrons. The standard InChI is InChI=1S/C13H15FIN3O2/c1-7(2)19-6-11(16)12-17-13(20-18-12)9-4-3-8(14)5-10(9)15/h3-5,7,11H,6,16H2,1-2H3. The number of rotatable bonds is 5. The summed E-state index contributed by atoms with van der Waals surface area (Å²) in [5.74, 6) is 0.394. The highest BCUT2D eigenvalue weighted by molar-refractivity contribution is 14.1. The molecule has 0 spiro atoms. The second-order valence-electron chi connectivity index (χ2n) is 4.57. The van der Waals surface area contributed by atoms with Gasteiger partial charge in [-0.2, -0.15) is 4.98 Å². The first-order valence-electron chi connectivity index (χ1n) is 6.13. The van der Waals surface area contributed by atoms with E-state index >= 15 is 0 Å². The first-order valence-corrected chi connectivity index (χ1v) is 7.21. The van der Waals surface area contributed by atoms with E-state index in [2.05, 4.69) is 10.1 Å². The second kappa shape index (κ2) is 6.59. The number of ether oxygens (including phenoxy) is 1. The average Bonchev–Trinajstić information content (AvgIpc) is 2.85. The van der Waals surface area contributed by atoms with E-state index in [1.807, 2.05) is 36.4 Å². The normalized spacial score (nSPS) is 12.9. The molecule has 1 aromatic heterocycles. The van der Waals surface area contributed by atoms with Gasteiger partial charge in [-0.1, -0.05) is 5.16 Å². The van der Waals surface area contributed by atoms with Crippen molar-refractivity contribution in [3.05, 3.63) is 33.4 Å². The van der Waals surface area contributed by atoms with Crippen LogP contribution in [0.25, 0.3) is 11.5 Å².